The maximum atomic E-state index is 15.2. The van der Waals surface area contributed by atoms with E-state index < -0.39 is 29.6 Å². The largest absolute Gasteiger partial charge is 0.388 e. The molecule has 0 aromatic rings. The van der Waals surface area contributed by atoms with Crippen molar-refractivity contribution in [1.82, 2.24) is 0 Å². The molecule has 4 aliphatic carbocycles. The minimum absolute atomic E-state index is 0.0293. The predicted molar refractivity (Wildman–Crippen MR) is 98.6 cm³/mol. The summed E-state index contributed by atoms with van der Waals surface area (Å²) in [6.45, 7) is 5.31. The number of allylic oxidation sites excluding steroid dienone is 1. The number of carbonyl (C=O) groups excluding carboxylic acids is 2. The molecule has 2 N–H and O–H groups in total. The Morgan fingerprint density at radius 2 is 1.96 bits per heavy atom. The van der Waals surface area contributed by atoms with Crippen molar-refractivity contribution in [3.05, 3.63) is 11.6 Å². The van der Waals surface area contributed by atoms with Crippen molar-refractivity contribution in [2.45, 2.75) is 71.1 Å². The van der Waals surface area contributed by atoms with Crippen LogP contribution < -0.4 is 0 Å². The second-order valence-corrected chi connectivity index (χ2v) is 10.0. The first kappa shape index (κ1) is 19.3. The molecule has 27 heavy (non-hydrogen) atoms. The van der Waals surface area contributed by atoms with E-state index in [0.29, 0.717) is 37.7 Å². The second-order valence-electron chi connectivity index (χ2n) is 10.0. The third-order valence-corrected chi connectivity index (χ3v) is 9.09. The molecule has 4 rings (SSSR count). The van der Waals surface area contributed by atoms with E-state index >= 15 is 4.39 Å². The molecule has 5 heteroatoms. The fourth-order valence-electron chi connectivity index (χ4n) is 7.61. The fourth-order valence-corrected chi connectivity index (χ4v) is 7.61. The summed E-state index contributed by atoms with van der Waals surface area (Å²) in [6, 6.07) is 0. The van der Waals surface area contributed by atoms with E-state index in [1.54, 1.807) is 6.08 Å². The standard InChI is InChI=1S/C22H31FO4/c1-12-8-16-14-10-18(23)17-9-13(25)4-6-20(17,2)15(14)5-7-21(16,3)22(12,27)19(26)11-24/h9,12,14-16,18,24,27H,4-8,10-11H2,1-3H3/t12-,14-,15+,16+,18+,20-,21+,22+/m1/s1. The highest BCUT2D eigenvalue weighted by Crippen LogP contribution is 2.69. The summed E-state index contributed by atoms with van der Waals surface area (Å²) < 4.78 is 15.2. The first-order valence-electron chi connectivity index (χ1n) is 10.3. The van der Waals surface area contributed by atoms with Gasteiger partial charge in [-0.2, -0.15) is 0 Å². The van der Waals surface area contributed by atoms with Crippen LogP contribution in [0.3, 0.4) is 0 Å². The Hall–Kier alpha value is -1.07. The van der Waals surface area contributed by atoms with Gasteiger partial charge in [0, 0.05) is 11.8 Å². The van der Waals surface area contributed by atoms with Gasteiger partial charge in [-0.3, -0.25) is 9.59 Å². The minimum atomic E-state index is -1.54. The van der Waals surface area contributed by atoms with Crippen molar-refractivity contribution >= 4 is 11.6 Å². The van der Waals surface area contributed by atoms with Crippen molar-refractivity contribution in [3.63, 3.8) is 0 Å². The number of alkyl halides is 1. The highest BCUT2D eigenvalue weighted by atomic mass is 19.1. The molecule has 4 aliphatic rings. The smallest absolute Gasteiger partial charge is 0.190 e. The van der Waals surface area contributed by atoms with E-state index in [-0.39, 0.29) is 34.9 Å². The maximum Gasteiger partial charge on any atom is 0.190 e. The van der Waals surface area contributed by atoms with Crippen LogP contribution in [0.5, 0.6) is 0 Å². The van der Waals surface area contributed by atoms with Gasteiger partial charge in [-0.25, -0.2) is 4.39 Å². The normalized spacial score (nSPS) is 51.9. The van der Waals surface area contributed by atoms with E-state index in [9.17, 15) is 19.8 Å². The summed E-state index contributed by atoms with van der Waals surface area (Å²) in [5.41, 5.74) is -1.79. The van der Waals surface area contributed by atoms with Gasteiger partial charge in [0.2, 0.25) is 0 Å². The average Bonchev–Trinajstić information content (AvgIpc) is 2.84. The molecule has 3 saturated carbocycles. The van der Waals surface area contributed by atoms with Gasteiger partial charge in [0.15, 0.2) is 11.6 Å². The number of hydrogen-bond donors (Lipinski definition) is 2. The molecule has 3 fully saturated rings. The molecule has 0 heterocycles. The number of rotatable bonds is 2. The quantitative estimate of drug-likeness (QED) is 0.775. The Kier molecular flexibility index (Phi) is 4.25. The van der Waals surface area contributed by atoms with E-state index in [4.69, 9.17) is 0 Å². The Morgan fingerprint density at radius 3 is 2.63 bits per heavy atom. The van der Waals surface area contributed by atoms with Gasteiger partial charge in [-0.15, -0.1) is 0 Å². The summed E-state index contributed by atoms with van der Waals surface area (Å²) in [7, 11) is 0. The topological polar surface area (TPSA) is 74.6 Å². The maximum absolute atomic E-state index is 15.2. The van der Waals surface area contributed by atoms with Crippen molar-refractivity contribution in [1.29, 1.82) is 0 Å². The number of hydrogen-bond acceptors (Lipinski definition) is 4. The molecule has 0 radical (unpaired) electrons. The average molecular weight is 378 g/mol. The number of ketones is 2. The molecule has 8 atom stereocenters. The van der Waals surface area contributed by atoms with E-state index in [2.05, 4.69) is 6.92 Å². The van der Waals surface area contributed by atoms with Gasteiger partial charge in [0.25, 0.3) is 0 Å². The number of Topliss-reactive ketones (excluding diaryl/α,β-unsaturated/α-hetero) is 1. The summed E-state index contributed by atoms with van der Waals surface area (Å²) >= 11 is 0. The Labute approximate surface area is 160 Å². The SMILES string of the molecule is C[C@@H]1C[C@H]2[C@@H]3C[C@H](F)C4=CC(=O)CC[C@]4(C)[C@H]3CC[C@]2(C)[C@@]1(O)C(=O)CO. The molecule has 0 unspecified atom stereocenters. The number of fused-ring (bicyclic) bond motifs is 5. The van der Waals surface area contributed by atoms with Crippen LogP contribution in [0.25, 0.3) is 0 Å². The van der Waals surface area contributed by atoms with Gasteiger partial charge in [0.1, 0.15) is 18.4 Å². The lowest BCUT2D eigenvalue weighted by atomic mass is 9.46. The third-order valence-electron chi connectivity index (χ3n) is 9.09. The molecular weight excluding hydrogens is 347 g/mol. The van der Waals surface area contributed by atoms with Crippen LogP contribution in [0, 0.1) is 34.5 Å². The molecule has 0 bridgehead atoms. The molecule has 0 aliphatic heterocycles. The Morgan fingerprint density at radius 1 is 1.26 bits per heavy atom. The molecule has 4 nitrogen and oxygen atoms in total. The zero-order chi connectivity index (χ0) is 19.8. The van der Waals surface area contributed by atoms with Crippen molar-refractivity contribution in [2.24, 2.45) is 34.5 Å². The Balaban J connectivity index is 1.75. The summed E-state index contributed by atoms with van der Waals surface area (Å²) in [5.74, 6) is -0.289. The van der Waals surface area contributed by atoms with Gasteiger partial charge in [0.05, 0.1) is 0 Å². The molecule has 150 valence electrons. The van der Waals surface area contributed by atoms with Crippen LogP contribution in [0.4, 0.5) is 4.39 Å². The Bertz CT molecular complexity index is 717. The van der Waals surface area contributed by atoms with Crippen LogP contribution in [-0.4, -0.2) is 40.2 Å². The highest BCUT2D eigenvalue weighted by Gasteiger charge is 2.69. The number of carbonyl (C=O) groups is 2. The van der Waals surface area contributed by atoms with Gasteiger partial charge < -0.3 is 10.2 Å². The first-order chi connectivity index (χ1) is 12.6. The summed E-state index contributed by atoms with van der Waals surface area (Å²) in [4.78, 5) is 24.4. The summed E-state index contributed by atoms with van der Waals surface area (Å²) in [5, 5.41) is 20.9. The van der Waals surface area contributed by atoms with Crippen LogP contribution in [-0.2, 0) is 9.59 Å². The van der Waals surface area contributed by atoms with Crippen LogP contribution in [0.15, 0.2) is 11.6 Å². The first-order valence-corrected chi connectivity index (χ1v) is 10.3. The highest BCUT2D eigenvalue weighted by molar-refractivity contribution is 5.92. The van der Waals surface area contributed by atoms with Crippen molar-refractivity contribution in [3.8, 4) is 0 Å². The lowest BCUT2D eigenvalue weighted by Gasteiger charge is -2.59. The molecular formula is C22H31FO4. The monoisotopic (exact) mass is 378 g/mol. The number of aliphatic hydroxyl groups excluding tert-OH is 1. The molecule has 0 saturated heterocycles. The van der Waals surface area contributed by atoms with Gasteiger partial charge in [-0.05, 0) is 72.8 Å². The zero-order valence-electron chi connectivity index (χ0n) is 16.5. The number of aliphatic hydroxyl groups is 2. The second kappa shape index (κ2) is 5.96. The number of halogens is 1. The fraction of sp³-hybridized carbons (Fsp3) is 0.818. The zero-order valence-corrected chi connectivity index (χ0v) is 16.5. The van der Waals surface area contributed by atoms with Crippen LogP contribution >= 0.6 is 0 Å². The van der Waals surface area contributed by atoms with Crippen LogP contribution in [0.1, 0.15) is 59.3 Å². The molecule has 0 aromatic carbocycles. The van der Waals surface area contributed by atoms with E-state index in [0.717, 1.165) is 6.42 Å². The molecule has 0 aromatic heterocycles. The predicted octanol–water partition coefficient (Wildman–Crippen LogP) is 3.00. The third kappa shape index (κ3) is 2.27. The summed E-state index contributed by atoms with van der Waals surface area (Å²) in [6.07, 6.45) is 4.16. The van der Waals surface area contributed by atoms with Crippen molar-refractivity contribution < 1.29 is 24.2 Å². The van der Waals surface area contributed by atoms with Crippen molar-refractivity contribution in [2.75, 3.05) is 6.61 Å². The van der Waals surface area contributed by atoms with E-state index in [1.165, 1.54) is 0 Å². The van der Waals surface area contributed by atoms with Crippen LogP contribution in [0.2, 0.25) is 0 Å². The molecule has 0 amide bonds. The van der Waals surface area contributed by atoms with Gasteiger partial charge in [-0.1, -0.05) is 20.8 Å². The molecule has 0 spiro atoms. The lowest BCUT2D eigenvalue weighted by molar-refractivity contribution is -0.171. The van der Waals surface area contributed by atoms with E-state index in [1.807, 2.05) is 13.8 Å². The lowest BCUT2D eigenvalue weighted by Crippen LogP contribution is -2.60. The van der Waals surface area contributed by atoms with Gasteiger partial charge >= 0.3 is 0 Å². The minimum Gasteiger partial charge on any atom is -0.388 e.